The molecule has 0 N–H and O–H groups in total. The average Bonchev–Trinajstić information content (AvgIpc) is 3.40. The molecule has 23 heavy (non-hydrogen) atoms. The number of rotatable bonds is 3. The zero-order chi connectivity index (χ0) is 15.8. The number of anilines is 2. The number of nitrogens with zero attached hydrogens (tertiary/aromatic N) is 6. The molecule has 0 amide bonds. The van der Waals surface area contributed by atoms with E-state index in [4.69, 9.17) is 4.98 Å². The SMILES string of the molecule is Cc1cc(N2CCN(c3ncncc3C)CC2)nc(C2CC2)n1. The fraction of sp³-hybridized carbons (Fsp3) is 0.529. The molecule has 0 unspecified atom stereocenters. The maximum atomic E-state index is 4.81. The number of hydrogen-bond donors (Lipinski definition) is 0. The van der Waals surface area contributed by atoms with Gasteiger partial charge in [0.15, 0.2) is 0 Å². The van der Waals surface area contributed by atoms with Crippen LogP contribution in [0.5, 0.6) is 0 Å². The van der Waals surface area contributed by atoms with E-state index < -0.39 is 0 Å². The molecule has 6 heteroatoms. The predicted octanol–water partition coefficient (Wildman–Crippen LogP) is 2.09. The van der Waals surface area contributed by atoms with E-state index in [1.807, 2.05) is 6.20 Å². The fourth-order valence-electron chi connectivity index (χ4n) is 3.13. The van der Waals surface area contributed by atoms with Crippen molar-refractivity contribution in [2.75, 3.05) is 36.0 Å². The lowest BCUT2D eigenvalue weighted by Gasteiger charge is -2.36. The molecule has 2 aromatic heterocycles. The van der Waals surface area contributed by atoms with Crippen molar-refractivity contribution in [1.29, 1.82) is 0 Å². The van der Waals surface area contributed by atoms with Crippen molar-refractivity contribution < 1.29 is 0 Å². The molecular formula is C17H22N6. The fourth-order valence-corrected chi connectivity index (χ4v) is 3.13. The van der Waals surface area contributed by atoms with Crippen LogP contribution in [-0.4, -0.2) is 46.1 Å². The summed E-state index contributed by atoms with van der Waals surface area (Å²) in [6.07, 6.45) is 5.99. The highest BCUT2D eigenvalue weighted by molar-refractivity contribution is 5.48. The maximum Gasteiger partial charge on any atom is 0.134 e. The van der Waals surface area contributed by atoms with E-state index >= 15 is 0 Å². The molecule has 1 aliphatic heterocycles. The highest BCUT2D eigenvalue weighted by atomic mass is 15.3. The van der Waals surface area contributed by atoms with Crippen LogP contribution in [0.3, 0.4) is 0 Å². The molecule has 120 valence electrons. The molecule has 6 nitrogen and oxygen atoms in total. The first kappa shape index (κ1) is 14.4. The lowest BCUT2D eigenvalue weighted by atomic mass is 10.2. The van der Waals surface area contributed by atoms with Crippen molar-refractivity contribution in [2.24, 2.45) is 0 Å². The van der Waals surface area contributed by atoms with Gasteiger partial charge in [-0.2, -0.15) is 0 Å². The highest BCUT2D eigenvalue weighted by Crippen LogP contribution is 2.38. The monoisotopic (exact) mass is 310 g/mol. The van der Waals surface area contributed by atoms with Gasteiger partial charge in [-0.1, -0.05) is 0 Å². The van der Waals surface area contributed by atoms with E-state index in [1.54, 1.807) is 6.33 Å². The first-order valence-electron chi connectivity index (χ1n) is 8.33. The van der Waals surface area contributed by atoms with Crippen molar-refractivity contribution >= 4 is 11.6 Å². The van der Waals surface area contributed by atoms with Gasteiger partial charge in [-0.15, -0.1) is 0 Å². The molecular weight excluding hydrogens is 288 g/mol. The third-order valence-electron chi connectivity index (χ3n) is 4.57. The minimum Gasteiger partial charge on any atom is -0.353 e. The number of aryl methyl sites for hydroxylation is 2. The minimum atomic E-state index is 0.596. The lowest BCUT2D eigenvalue weighted by molar-refractivity contribution is 0.636. The quantitative estimate of drug-likeness (QED) is 0.865. The Bertz CT molecular complexity index is 704. The molecule has 1 aliphatic carbocycles. The highest BCUT2D eigenvalue weighted by Gasteiger charge is 2.28. The van der Waals surface area contributed by atoms with Crippen molar-refractivity contribution in [2.45, 2.75) is 32.6 Å². The smallest absolute Gasteiger partial charge is 0.134 e. The Kier molecular flexibility index (Phi) is 3.59. The van der Waals surface area contributed by atoms with Gasteiger partial charge in [0.2, 0.25) is 0 Å². The van der Waals surface area contributed by atoms with Crippen LogP contribution in [0.1, 0.15) is 35.8 Å². The van der Waals surface area contributed by atoms with Gasteiger partial charge >= 0.3 is 0 Å². The van der Waals surface area contributed by atoms with Gasteiger partial charge in [-0.3, -0.25) is 0 Å². The van der Waals surface area contributed by atoms with Gasteiger partial charge in [0, 0.05) is 55.6 Å². The van der Waals surface area contributed by atoms with Gasteiger partial charge in [0.05, 0.1) is 0 Å². The average molecular weight is 310 g/mol. The second kappa shape index (κ2) is 5.76. The Morgan fingerprint density at radius 1 is 1.00 bits per heavy atom. The van der Waals surface area contributed by atoms with Crippen molar-refractivity contribution in [3.8, 4) is 0 Å². The summed E-state index contributed by atoms with van der Waals surface area (Å²) in [5.41, 5.74) is 2.21. The van der Waals surface area contributed by atoms with Crippen LogP contribution in [-0.2, 0) is 0 Å². The zero-order valence-electron chi connectivity index (χ0n) is 13.7. The predicted molar refractivity (Wildman–Crippen MR) is 89.9 cm³/mol. The third kappa shape index (κ3) is 2.98. The van der Waals surface area contributed by atoms with E-state index in [1.165, 1.54) is 12.8 Å². The van der Waals surface area contributed by atoms with E-state index in [9.17, 15) is 0 Å². The molecule has 2 aromatic rings. The molecule has 1 saturated heterocycles. The Morgan fingerprint density at radius 2 is 1.74 bits per heavy atom. The number of aromatic nitrogens is 4. The number of hydrogen-bond acceptors (Lipinski definition) is 6. The van der Waals surface area contributed by atoms with Gasteiger partial charge in [-0.05, 0) is 26.7 Å². The molecule has 0 bridgehead atoms. The molecule has 0 radical (unpaired) electrons. The van der Waals surface area contributed by atoms with Crippen molar-refractivity contribution in [3.63, 3.8) is 0 Å². The van der Waals surface area contributed by atoms with E-state index in [2.05, 4.69) is 44.7 Å². The number of piperazine rings is 1. The topological polar surface area (TPSA) is 58.0 Å². The normalized spacial score (nSPS) is 18.3. The molecule has 3 heterocycles. The molecule has 1 saturated carbocycles. The summed E-state index contributed by atoms with van der Waals surface area (Å²) in [4.78, 5) is 22.6. The van der Waals surface area contributed by atoms with Crippen molar-refractivity contribution in [3.05, 3.63) is 35.7 Å². The first-order valence-corrected chi connectivity index (χ1v) is 8.33. The van der Waals surface area contributed by atoms with Crippen LogP contribution in [0.2, 0.25) is 0 Å². The molecule has 0 spiro atoms. The Morgan fingerprint density at radius 3 is 2.43 bits per heavy atom. The van der Waals surface area contributed by atoms with Crippen LogP contribution in [0.15, 0.2) is 18.6 Å². The van der Waals surface area contributed by atoms with Gasteiger partial charge in [-0.25, -0.2) is 19.9 Å². The van der Waals surface area contributed by atoms with E-state index in [0.717, 1.165) is 54.9 Å². The van der Waals surface area contributed by atoms with Crippen LogP contribution in [0.25, 0.3) is 0 Å². The molecule has 2 aliphatic rings. The standard InChI is InChI=1S/C17H22N6/c1-12-10-18-11-19-17(12)23-7-5-22(6-8-23)15-9-13(2)20-16(21-15)14-3-4-14/h9-11,14H,3-8H2,1-2H3. The zero-order valence-corrected chi connectivity index (χ0v) is 13.7. The van der Waals surface area contributed by atoms with Gasteiger partial charge < -0.3 is 9.80 Å². The van der Waals surface area contributed by atoms with Crippen molar-refractivity contribution in [1.82, 2.24) is 19.9 Å². The lowest BCUT2D eigenvalue weighted by Crippen LogP contribution is -2.47. The Balaban J connectivity index is 1.48. The summed E-state index contributed by atoms with van der Waals surface area (Å²) >= 11 is 0. The van der Waals surface area contributed by atoms with Crippen LogP contribution in [0.4, 0.5) is 11.6 Å². The summed E-state index contributed by atoms with van der Waals surface area (Å²) in [5, 5.41) is 0. The summed E-state index contributed by atoms with van der Waals surface area (Å²) < 4.78 is 0. The third-order valence-corrected chi connectivity index (χ3v) is 4.57. The van der Waals surface area contributed by atoms with Gasteiger partial charge in [0.25, 0.3) is 0 Å². The van der Waals surface area contributed by atoms with Crippen LogP contribution >= 0.6 is 0 Å². The first-order chi connectivity index (χ1) is 11.2. The summed E-state index contributed by atoms with van der Waals surface area (Å²) in [6.45, 7) is 7.97. The van der Waals surface area contributed by atoms with Crippen LogP contribution < -0.4 is 9.80 Å². The summed E-state index contributed by atoms with van der Waals surface area (Å²) in [5.74, 6) is 3.77. The van der Waals surface area contributed by atoms with E-state index in [0.29, 0.717) is 5.92 Å². The van der Waals surface area contributed by atoms with Gasteiger partial charge in [0.1, 0.15) is 23.8 Å². The van der Waals surface area contributed by atoms with E-state index in [-0.39, 0.29) is 0 Å². The molecule has 2 fully saturated rings. The maximum absolute atomic E-state index is 4.81. The minimum absolute atomic E-state index is 0.596. The second-order valence-electron chi connectivity index (χ2n) is 6.50. The van der Waals surface area contributed by atoms with Crippen LogP contribution in [0, 0.1) is 13.8 Å². The second-order valence-corrected chi connectivity index (χ2v) is 6.50. The molecule has 0 atom stereocenters. The summed E-state index contributed by atoms with van der Waals surface area (Å²) in [7, 11) is 0. The largest absolute Gasteiger partial charge is 0.353 e. The Labute approximate surface area is 136 Å². The molecule has 4 rings (SSSR count). The summed E-state index contributed by atoms with van der Waals surface area (Å²) in [6, 6.07) is 2.11. The Hall–Kier alpha value is -2.24. The molecule has 0 aromatic carbocycles.